The molecule has 0 radical (unpaired) electrons. The highest BCUT2D eigenvalue weighted by Crippen LogP contribution is 2.10. The summed E-state index contributed by atoms with van der Waals surface area (Å²) in [5.74, 6) is 0. The van der Waals surface area contributed by atoms with Gasteiger partial charge in [-0.15, -0.1) is 0 Å². The van der Waals surface area contributed by atoms with Crippen molar-refractivity contribution in [3.63, 3.8) is 0 Å². The SMILES string of the molecule is O=c1c([SH](=O)=O)coc2ccccc12. The van der Waals surface area contributed by atoms with Crippen molar-refractivity contribution in [1.29, 1.82) is 0 Å². The number of thiol groups is 1. The Kier molecular flexibility index (Phi) is 2.09. The van der Waals surface area contributed by atoms with Crippen LogP contribution in [-0.2, 0) is 10.7 Å². The summed E-state index contributed by atoms with van der Waals surface area (Å²) in [5.41, 5.74) is -0.124. The van der Waals surface area contributed by atoms with Crippen molar-refractivity contribution in [2.75, 3.05) is 0 Å². The first-order valence-corrected chi connectivity index (χ1v) is 5.03. The smallest absolute Gasteiger partial charge is 0.211 e. The van der Waals surface area contributed by atoms with Crippen molar-refractivity contribution in [1.82, 2.24) is 0 Å². The van der Waals surface area contributed by atoms with Gasteiger partial charge in [0.1, 0.15) is 16.7 Å². The summed E-state index contributed by atoms with van der Waals surface area (Å²) >= 11 is 0. The summed E-state index contributed by atoms with van der Waals surface area (Å²) in [6.07, 6.45) is 0.969. The molecule has 1 aromatic heterocycles. The molecule has 0 unspecified atom stereocenters. The molecular weight excluding hydrogens is 204 g/mol. The molecule has 0 bridgehead atoms. The molecule has 2 rings (SSSR count). The number of hydrogen-bond donors (Lipinski definition) is 1. The zero-order valence-electron chi connectivity index (χ0n) is 6.97. The van der Waals surface area contributed by atoms with Gasteiger partial charge in [0.05, 0.1) is 5.39 Å². The van der Waals surface area contributed by atoms with E-state index in [4.69, 9.17) is 4.42 Å². The van der Waals surface area contributed by atoms with E-state index in [1.54, 1.807) is 18.2 Å². The van der Waals surface area contributed by atoms with E-state index >= 15 is 0 Å². The second-order valence-corrected chi connectivity index (χ2v) is 3.70. The third-order valence-corrected chi connectivity index (χ3v) is 2.56. The van der Waals surface area contributed by atoms with Gasteiger partial charge in [0, 0.05) is 0 Å². The van der Waals surface area contributed by atoms with E-state index in [0.717, 1.165) is 6.26 Å². The minimum absolute atomic E-state index is 0.282. The molecule has 4 nitrogen and oxygen atoms in total. The quantitative estimate of drug-likeness (QED) is 0.706. The summed E-state index contributed by atoms with van der Waals surface area (Å²) in [6, 6.07) is 6.50. The van der Waals surface area contributed by atoms with Gasteiger partial charge in [0.15, 0.2) is 10.7 Å². The second-order valence-electron chi connectivity index (χ2n) is 2.70. The third kappa shape index (κ3) is 1.31. The minimum atomic E-state index is -2.90. The van der Waals surface area contributed by atoms with Crippen LogP contribution in [0.4, 0.5) is 0 Å². The van der Waals surface area contributed by atoms with Crippen LogP contribution in [0.25, 0.3) is 11.0 Å². The van der Waals surface area contributed by atoms with Crippen molar-refractivity contribution >= 4 is 21.7 Å². The van der Waals surface area contributed by atoms with Gasteiger partial charge in [-0.3, -0.25) is 4.79 Å². The molecule has 0 N–H and O–H groups in total. The average molecular weight is 210 g/mol. The maximum atomic E-state index is 11.5. The lowest BCUT2D eigenvalue weighted by atomic mass is 10.2. The molecule has 0 spiro atoms. The minimum Gasteiger partial charge on any atom is -0.463 e. The average Bonchev–Trinajstić information content (AvgIpc) is 2.18. The molecule has 1 aromatic carbocycles. The fourth-order valence-corrected chi connectivity index (χ4v) is 1.62. The Balaban J connectivity index is 2.96. The topological polar surface area (TPSA) is 64.3 Å². The molecule has 0 amide bonds. The van der Waals surface area contributed by atoms with Crippen LogP contribution in [0, 0.1) is 0 Å². The van der Waals surface area contributed by atoms with Crippen molar-refractivity contribution in [2.45, 2.75) is 4.90 Å². The summed E-state index contributed by atoms with van der Waals surface area (Å²) < 4.78 is 26.3. The van der Waals surface area contributed by atoms with Gasteiger partial charge in [0.2, 0.25) is 5.43 Å². The molecule has 0 saturated heterocycles. The summed E-state index contributed by atoms with van der Waals surface area (Å²) in [6.45, 7) is 0. The molecule has 0 atom stereocenters. The molecule has 0 aliphatic rings. The van der Waals surface area contributed by atoms with Crippen LogP contribution < -0.4 is 5.43 Å². The van der Waals surface area contributed by atoms with Crippen LogP contribution in [0.3, 0.4) is 0 Å². The third-order valence-electron chi connectivity index (χ3n) is 1.86. The fraction of sp³-hybridized carbons (Fsp3) is 0. The van der Waals surface area contributed by atoms with Gasteiger partial charge in [0.25, 0.3) is 0 Å². The lowest BCUT2D eigenvalue weighted by Crippen LogP contribution is -2.06. The standard InChI is InChI=1S/C9H6O4S/c10-9-6-3-1-2-4-7(6)13-5-8(9)14(11)12/h1-5,14H. The number of rotatable bonds is 1. The first-order chi connectivity index (χ1) is 6.70. The van der Waals surface area contributed by atoms with Gasteiger partial charge in [-0.1, -0.05) is 12.1 Å². The Morgan fingerprint density at radius 1 is 1.14 bits per heavy atom. The molecule has 0 saturated carbocycles. The Labute approximate surface area is 80.7 Å². The Hall–Kier alpha value is -1.62. The van der Waals surface area contributed by atoms with E-state index in [1.165, 1.54) is 6.07 Å². The van der Waals surface area contributed by atoms with E-state index in [9.17, 15) is 13.2 Å². The predicted molar refractivity (Wildman–Crippen MR) is 51.1 cm³/mol. The predicted octanol–water partition coefficient (Wildman–Crippen LogP) is 0.763. The number of benzene rings is 1. The van der Waals surface area contributed by atoms with Crippen LogP contribution in [0.1, 0.15) is 0 Å². The normalized spacial score (nSPS) is 10.9. The summed E-state index contributed by atoms with van der Waals surface area (Å²) in [4.78, 5) is 11.2. The first kappa shape index (κ1) is 8.96. The van der Waals surface area contributed by atoms with E-state index in [2.05, 4.69) is 0 Å². The molecule has 0 aliphatic heterocycles. The molecule has 0 aliphatic carbocycles. The van der Waals surface area contributed by atoms with Crippen molar-refractivity contribution in [2.24, 2.45) is 0 Å². The second kappa shape index (κ2) is 3.26. The largest absolute Gasteiger partial charge is 0.463 e. The Morgan fingerprint density at radius 3 is 2.57 bits per heavy atom. The zero-order valence-corrected chi connectivity index (χ0v) is 7.86. The summed E-state index contributed by atoms with van der Waals surface area (Å²) in [5, 5.41) is 0.282. The molecule has 72 valence electrons. The molecule has 5 heteroatoms. The fourth-order valence-electron chi connectivity index (χ4n) is 1.19. The van der Waals surface area contributed by atoms with Gasteiger partial charge in [-0.05, 0) is 12.1 Å². The Morgan fingerprint density at radius 2 is 1.86 bits per heavy atom. The monoisotopic (exact) mass is 210 g/mol. The van der Waals surface area contributed by atoms with Gasteiger partial charge in [-0.2, -0.15) is 0 Å². The van der Waals surface area contributed by atoms with Crippen molar-refractivity contribution in [3.05, 3.63) is 40.8 Å². The van der Waals surface area contributed by atoms with Crippen LogP contribution in [0.2, 0.25) is 0 Å². The lowest BCUT2D eigenvalue weighted by Gasteiger charge is -1.95. The van der Waals surface area contributed by atoms with Crippen LogP contribution in [-0.4, -0.2) is 8.42 Å². The van der Waals surface area contributed by atoms with Crippen LogP contribution in [0.5, 0.6) is 0 Å². The maximum absolute atomic E-state index is 11.5. The number of para-hydroxylation sites is 1. The zero-order chi connectivity index (χ0) is 10.1. The van der Waals surface area contributed by atoms with E-state index < -0.39 is 16.1 Å². The highest BCUT2D eigenvalue weighted by atomic mass is 32.2. The van der Waals surface area contributed by atoms with Gasteiger partial charge in [-0.25, -0.2) is 8.42 Å². The lowest BCUT2D eigenvalue weighted by molar-refractivity contribution is 0.574. The Bertz CT molecular complexity index is 601. The van der Waals surface area contributed by atoms with Crippen LogP contribution in [0.15, 0.2) is 44.6 Å². The van der Waals surface area contributed by atoms with E-state index in [0.29, 0.717) is 5.58 Å². The van der Waals surface area contributed by atoms with Gasteiger partial charge >= 0.3 is 0 Å². The highest BCUT2D eigenvalue weighted by Gasteiger charge is 2.07. The number of hydrogen-bond acceptors (Lipinski definition) is 4. The number of fused-ring (bicyclic) bond motifs is 1. The first-order valence-electron chi connectivity index (χ1n) is 3.85. The van der Waals surface area contributed by atoms with E-state index in [1.807, 2.05) is 0 Å². The van der Waals surface area contributed by atoms with Crippen LogP contribution >= 0.6 is 0 Å². The summed E-state index contributed by atoms with van der Waals surface area (Å²) in [7, 11) is -2.90. The van der Waals surface area contributed by atoms with E-state index in [-0.39, 0.29) is 10.3 Å². The molecular formula is C9H6O4S. The highest BCUT2D eigenvalue weighted by molar-refractivity contribution is 7.72. The van der Waals surface area contributed by atoms with Gasteiger partial charge < -0.3 is 4.42 Å². The molecule has 1 heterocycles. The molecule has 2 aromatic rings. The molecule has 14 heavy (non-hydrogen) atoms. The maximum Gasteiger partial charge on any atom is 0.211 e. The van der Waals surface area contributed by atoms with Crippen molar-refractivity contribution in [3.8, 4) is 0 Å². The molecule has 0 fully saturated rings. The van der Waals surface area contributed by atoms with Crippen molar-refractivity contribution < 1.29 is 12.8 Å².